The number of hydrogen-bond donors (Lipinski definition) is 2. The van der Waals surface area contributed by atoms with Crippen LogP contribution in [0.2, 0.25) is 0 Å². The summed E-state index contributed by atoms with van der Waals surface area (Å²) in [4.78, 5) is 19.2. The van der Waals surface area contributed by atoms with Gasteiger partial charge in [0, 0.05) is 6.20 Å². The third kappa shape index (κ3) is 1.79. The molecule has 0 aliphatic carbocycles. The molecule has 0 aliphatic heterocycles. The van der Waals surface area contributed by atoms with Crippen LogP contribution < -0.4 is 5.73 Å². The van der Waals surface area contributed by atoms with Crippen molar-refractivity contribution in [3.8, 4) is 10.6 Å². The number of aromatic carboxylic acids is 1. The van der Waals surface area contributed by atoms with Crippen molar-refractivity contribution in [1.82, 2.24) is 9.97 Å². The van der Waals surface area contributed by atoms with Crippen molar-refractivity contribution >= 4 is 22.4 Å². The predicted octanol–water partition coefficient (Wildman–Crippen LogP) is 1.49. The minimum absolute atomic E-state index is 0.0452. The number of carboxylic acid groups (broad SMARTS) is 1. The molecule has 2 rings (SSSR count). The number of nitrogen functional groups attached to an aromatic ring is 1. The van der Waals surface area contributed by atoms with Crippen LogP contribution >= 0.6 is 11.3 Å². The zero-order valence-corrected chi connectivity index (χ0v) is 8.36. The molecule has 2 aromatic heterocycles. The Morgan fingerprint density at radius 3 is 2.87 bits per heavy atom. The molecule has 2 aromatic rings. The van der Waals surface area contributed by atoms with Crippen molar-refractivity contribution in [3.63, 3.8) is 0 Å². The molecule has 76 valence electrons. The van der Waals surface area contributed by atoms with Crippen LogP contribution in [0.25, 0.3) is 10.6 Å². The summed E-state index contributed by atoms with van der Waals surface area (Å²) in [7, 11) is 0. The van der Waals surface area contributed by atoms with Gasteiger partial charge in [-0.2, -0.15) is 0 Å². The third-order valence-electron chi connectivity index (χ3n) is 1.74. The quantitative estimate of drug-likeness (QED) is 0.801. The van der Waals surface area contributed by atoms with Crippen molar-refractivity contribution in [2.75, 3.05) is 5.73 Å². The van der Waals surface area contributed by atoms with Gasteiger partial charge in [0.05, 0.1) is 10.6 Å². The Bertz CT molecular complexity index is 495. The lowest BCUT2D eigenvalue weighted by atomic mass is 10.2. The second-order valence-corrected chi connectivity index (χ2v) is 3.78. The van der Waals surface area contributed by atoms with Crippen molar-refractivity contribution in [1.29, 1.82) is 0 Å². The molecule has 0 atom stereocenters. The fraction of sp³-hybridized carbons (Fsp3) is 0. The molecule has 0 amide bonds. The van der Waals surface area contributed by atoms with E-state index in [1.54, 1.807) is 24.4 Å². The maximum Gasteiger partial charge on any atom is 0.356 e. The Labute approximate surface area is 89.2 Å². The molecule has 0 spiro atoms. The van der Waals surface area contributed by atoms with E-state index in [1.165, 1.54) is 0 Å². The lowest BCUT2D eigenvalue weighted by Gasteiger charge is -1.95. The van der Waals surface area contributed by atoms with Crippen molar-refractivity contribution in [2.24, 2.45) is 0 Å². The van der Waals surface area contributed by atoms with Gasteiger partial charge in [0.25, 0.3) is 0 Å². The smallest absolute Gasteiger partial charge is 0.356 e. The Balaban J connectivity index is 2.58. The molecule has 5 nitrogen and oxygen atoms in total. The van der Waals surface area contributed by atoms with E-state index < -0.39 is 5.97 Å². The molecule has 3 N–H and O–H groups in total. The molecular weight excluding hydrogens is 214 g/mol. The van der Waals surface area contributed by atoms with Gasteiger partial charge < -0.3 is 10.8 Å². The van der Waals surface area contributed by atoms with Gasteiger partial charge >= 0.3 is 5.97 Å². The Hall–Kier alpha value is -1.95. The average molecular weight is 221 g/mol. The second kappa shape index (κ2) is 3.66. The van der Waals surface area contributed by atoms with Gasteiger partial charge in [0.2, 0.25) is 0 Å². The van der Waals surface area contributed by atoms with Crippen molar-refractivity contribution in [3.05, 3.63) is 30.1 Å². The largest absolute Gasteiger partial charge is 0.476 e. The SMILES string of the molecule is Nc1nc(C(=O)O)c(-c2ccccn2)s1. The first-order chi connectivity index (χ1) is 7.18. The van der Waals surface area contributed by atoms with Gasteiger partial charge in [0.1, 0.15) is 0 Å². The number of hydrogen-bond acceptors (Lipinski definition) is 5. The number of pyridine rings is 1. The summed E-state index contributed by atoms with van der Waals surface area (Å²) in [5.41, 5.74) is 6.00. The number of nitrogens with two attached hydrogens (primary N) is 1. The van der Waals surface area contributed by atoms with E-state index in [0.29, 0.717) is 10.6 Å². The van der Waals surface area contributed by atoms with E-state index in [9.17, 15) is 4.79 Å². The van der Waals surface area contributed by atoms with Gasteiger partial charge in [0.15, 0.2) is 10.8 Å². The molecule has 0 saturated heterocycles. The standard InChI is InChI=1S/C9H7N3O2S/c10-9-12-6(8(13)14)7(15-9)5-3-1-2-4-11-5/h1-4H,(H2,10,12)(H,13,14). The number of carbonyl (C=O) groups is 1. The minimum Gasteiger partial charge on any atom is -0.476 e. The highest BCUT2D eigenvalue weighted by molar-refractivity contribution is 7.19. The monoisotopic (exact) mass is 221 g/mol. The molecule has 0 fully saturated rings. The van der Waals surface area contributed by atoms with Crippen LogP contribution in [0.4, 0.5) is 5.13 Å². The van der Waals surface area contributed by atoms with Crippen LogP contribution in [-0.2, 0) is 0 Å². The highest BCUT2D eigenvalue weighted by Crippen LogP contribution is 2.29. The first kappa shape index (κ1) is 9.60. The van der Waals surface area contributed by atoms with Crippen LogP contribution in [0, 0.1) is 0 Å². The molecule has 0 unspecified atom stereocenters. The van der Waals surface area contributed by atoms with Crippen LogP contribution in [0.1, 0.15) is 10.5 Å². The summed E-state index contributed by atoms with van der Waals surface area (Å²) in [6.45, 7) is 0. The summed E-state index contributed by atoms with van der Waals surface area (Å²) in [5, 5.41) is 9.13. The van der Waals surface area contributed by atoms with E-state index in [0.717, 1.165) is 11.3 Å². The lowest BCUT2D eigenvalue weighted by molar-refractivity contribution is 0.0692. The first-order valence-electron chi connectivity index (χ1n) is 4.09. The number of carboxylic acids is 1. The van der Waals surface area contributed by atoms with Gasteiger partial charge in [-0.05, 0) is 12.1 Å². The first-order valence-corrected chi connectivity index (χ1v) is 4.91. The molecule has 15 heavy (non-hydrogen) atoms. The molecule has 6 heteroatoms. The van der Waals surface area contributed by atoms with Crippen LogP contribution in [0.15, 0.2) is 24.4 Å². The summed E-state index contributed by atoms with van der Waals surface area (Å²) in [5.74, 6) is -1.09. The predicted molar refractivity (Wildman–Crippen MR) is 56.7 cm³/mol. The molecule has 2 heterocycles. The summed E-state index contributed by atoms with van der Waals surface area (Å²) in [6.07, 6.45) is 1.59. The zero-order chi connectivity index (χ0) is 10.8. The number of nitrogens with zero attached hydrogens (tertiary/aromatic N) is 2. The van der Waals surface area contributed by atoms with Crippen LogP contribution in [0.3, 0.4) is 0 Å². The summed E-state index contributed by atoms with van der Waals surface area (Å²) < 4.78 is 0. The van der Waals surface area contributed by atoms with Gasteiger partial charge in [-0.25, -0.2) is 9.78 Å². The van der Waals surface area contributed by atoms with Gasteiger partial charge in [-0.3, -0.25) is 4.98 Å². The minimum atomic E-state index is -1.09. The Kier molecular flexibility index (Phi) is 2.34. The molecule has 0 aromatic carbocycles. The van der Waals surface area contributed by atoms with Crippen LogP contribution in [-0.4, -0.2) is 21.0 Å². The molecule has 0 saturated carbocycles. The van der Waals surface area contributed by atoms with E-state index in [2.05, 4.69) is 9.97 Å². The third-order valence-corrected chi connectivity index (χ3v) is 2.65. The maximum atomic E-state index is 10.9. The van der Waals surface area contributed by atoms with Crippen molar-refractivity contribution < 1.29 is 9.90 Å². The molecule has 0 aliphatic rings. The highest BCUT2D eigenvalue weighted by atomic mass is 32.1. The Morgan fingerprint density at radius 1 is 1.47 bits per heavy atom. The van der Waals surface area contributed by atoms with Gasteiger partial charge in [-0.1, -0.05) is 17.4 Å². The normalized spacial score (nSPS) is 10.1. The lowest BCUT2D eigenvalue weighted by Crippen LogP contribution is -1.99. The summed E-state index contributed by atoms with van der Waals surface area (Å²) >= 11 is 1.12. The summed E-state index contributed by atoms with van der Waals surface area (Å²) in [6, 6.07) is 5.26. The Morgan fingerprint density at radius 2 is 2.27 bits per heavy atom. The van der Waals surface area contributed by atoms with Crippen molar-refractivity contribution in [2.45, 2.75) is 0 Å². The zero-order valence-electron chi connectivity index (χ0n) is 7.54. The fourth-order valence-electron chi connectivity index (χ4n) is 1.15. The molecule has 0 radical (unpaired) electrons. The van der Waals surface area contributed by atoms with E-state index in [4.69, 9.17) is 10.8 Å². The van der Waals surface area contributed by atoms with Crippen LogP contribution in [0.5, 0.6) is 0 Å². The highest BCUT2D eigenvalue weighted by Gasteiger charge is 2.18. The number of rotatable bonds is 2. The topological polar surface area (TPSA) is 89.1 Å². The second-order valence-electron chi connectivity index (χ2n) is 2.75. The average Bonchev–Trinajstić information content (AvgIpc) is 2.62. The fourth-order valence-corrected chi connectivity index (χ4v) is 1.95. The van der Waals surface area contributed by atoms with Gasteiger partial charge in [-0.15, -0.1) is 0 Å². The molecule has 0 bridgehead atoms. The number of aromatic nitrogens is 2. The molecular formula is C9H7N3O2S. The van der Waals surface area contributed by atoms with E-state index >= 15 is 0 Å². The number of thiazole rings is 1. The maximum absolute atomic E-state index is 10.9. The number of anilines is 1. The van der Waals surface area contributed by atoms with E-state index in [-0.39, 0.29) is 10.8 Å². The van der Waals surface area contributed by atoms with E-state index in [1.807, 2.05) is 0 Å².